The minimum absolute atomic E-state index is 0.483. The van der Waals surface area contributed by atoms with Crippen LogP contribution in [0.5, 0.6) is 0 Å². The smallest absolute Gasteiger partial charge is 0.136 e. The van der Waals surface area contributed by atoms with Crippen LogP contribution in [0, 0.1) is 6.92 Å². The number of nitrogens with two attached hydrogens (primary N) is 1. The molecule has 3 N–H and O–H groups in total. The van der Waals surface area contributed by atoms with Gasteiger partial charge in [0.15, 0.2) is 0 Å². The second kappa shape index (κ2) is 5.35. The summed E-state index contributed by atoms with van der Waals surface area (Å²) in [7, 11) is 0. The monoisotopic (exact) mass is 306 g/mol. The average Bonchev–Trinajstić information content (AvgIpc) is 2.34. The van der Waals surface area contributed by atoms with Crippen molar-refractivity contribution in [3.63, 3.8) is 0 Å². The number of hydrogen-bond acceptors (Lipinski definition) is 4. The number of anilines is 3. The van der Waals surface area contributed by atoms with Crippen LogP contribution >= 0.6 is 15.9 Å². The second-order valence-electron chi connectivity index (χ2n) is 3.99. The zero-order chi connectivity index (χ0) is 13.1. The summed E-state index contributed by atoms with van der Waals surface area (Å²) in [5.74, 6) is 1.95. The lowest BCUT2D eigenvalue weighted by molar-refractivity contribution is 0.948. The molecule has 1 aromatic heterocycles. The van der Waals surface area contributed by atoms with Crippen LogP contribution in [-0.2, 0) is 6.42 Å². The van der Waals surface area contributed by atoms with E-state index in [-0.39, 0.29) is 0 Å². The predicted octanol–water partition coefficient (Wildman–Crippen LogP) is 3.44. The molecule has 0 bridgehead atoms. The zero-order valence-electron chi connectivity index (χ0n) is 10.4. The van der Waals surface area contributed by atoms with E-state index in [9.17, 15) is 0 Å². The maximum absolute atomic E-state index is 5.76. The van der Waals surface area contributed by atoms with Gasteiger partial charge in [0.2, 0.25) is 0 Å². The van der Waals surface area contributed by atoms with Crippen molar-refractivity contribution in [2.75, 3.05) is 11.1 Å². The summed E-state index contributed by atoms with van der Waals surface area (Å²) < 4.78 is 1.06. The first-order valence-electron chi connectivity index (χ1n) is 5.75. The van der Waals surface area contributed by atoms with E-state index in [0.29, 0.717) is 5.82 Å². The first-order valence-corrected chi connectivity index (χ1v) is 6.55. The van der Waals surface area contributed by atoms with Crippen LogP contribution in [0.15, 0.2) is 28.7 Å². The van der Waals surface area contributed by atoms with Crippen LogP contribution in [-0.4, -0.2) is 9.97 Å². The van der Waals surface area contributed by atoms with Gasteiger partial charge in [-0.15, -0.1) is 0 Å². The molecule has 0 amide bonds. The molecule has 0 radical (unpaired) electrons. The SMILES string of the molecule is CCc1nc(N)cc(Nc2cccc(Br)c2C)n1. The molecule has 94 valence electrons. The first kappa shape index (κ1) is 12.8. The average molecular weight is 307 g/mol. The van der Waals surface area contributed by atoms with E-state index >= 15 is 0 Å². The third-order valence-electron chi connectivity index (χ3n) is 2.64. The van der Waals surface area contributed by atoms with Crippen molar-refractivity contribution in [3.05, 3.63) is 40.1 Å². The van der Waals surface area contributed by atoms with Crippen molar-refractivity contribution in [3.8, 4) is 0 Å². The highest BCUT2D eigenvalue weighted by molar-refractivity contribution is 9.10. The van der Waals surface area contributed by atoms with E-state index in [1.54, 1.807) is 6.07 Å². The second-order valence-corrected chi connectivity index (χ2v) is 4.84. The van der Waals surface area contributed by atoms with Crippen LogP contribution in [0.2, 0.25) is 0 Å². The van der Waals surface area contributed by atoms with Crippen LogP contribution in [0.3, 0.4) is 0 Å². The molecule has 5 heteroatoms. The number of hydrogen-bond donors (Lipinski definition) is 2. The molecular weight excluding hydrogens is 292 g/mol. The molecule has 0 fully saturated rings. The molecule has 0 atom stereocenters. The molecule has 0 aliphatic carbocycles. The molecule has 0 saturated heterocycles. The number of nitrogens with one attached hydrogen (secondary N) is 1. The van der Waals surface area contributed by atoms with Gasteiger partial charge in [-0.2, -0.15) is 0 Å². The number of aromatic nitrogens is 2. The summed E-state index contributed by atoms with van der Waals surface area (Å²) >= 11 is 3.50. The predicted molar refractivity (Wildman–Crippen MR) is 78.0 cm³/mol. The molecule has 0 unspecified atom stereocenters. The molecule has 18 heavy (non-hydrogen) atoms. The van der Waals surface area contributed by atoms with Gasteiger partial charge in [0.25, 0.3) is 0 Å². The molecular formula is C13H15BrN4. The zero-order valence-corrected chi connectivity index (χ0v) is 12.0. The van der Waals surface area contributed by atoms with E-state index in [2.05, 4.69) is 31.2 Å². The molecule has 0 saturated carbocycles. The van der Waals surface area contributed by atoms with Crippen LogP contribution in [0.4, 0.5) is 17.3 Å². The Kier molecular flexibility index (Phi) is 3.81. The third kappa shape index (κ3) is 2.79. The number of benzene rings is 1. The largest absolute Gasteiger partial charge is 0.384 e. The third-order valence-corrected chi connectivity index (χ3v) is 3.50. The summed E-state index contributed by atoms with van der Waals surface area (Å²) in [4.78, 5) is 8.55. The van der Waals surface area contributed by atoms with Crippen molar-refractivity contribution < 1.29 is 0 Å². The van der Waals surface area contributed by atoms with Gasteiger partial charge >= 0.3 is 0 Å². The fourth-order valence-electron chi connectivity index (χ4n) is 1.62. The van der Waals surface area contributed by atoms with E-state index in [0.717, 1.165) is 33.8 Å². The maximum Gasteiger partial charge on any atom is 0.136 e. The number of aryl methyl sites for hydroxylation is 1. The van der Waals surface area contributed by atoms with E-state index in [1.807, 2.05) is 32.0 Å². The Morgan fingerprint density at radius 3 is 2.83 bits per heavy atom. The van der Waals surface area contributed by atoms with Gasteiger partial charge in [0.05, 0.1) is 0 Å². The molecule has 1 aromatic carbocycles. The summed E-state index contributed by atoms with van der Waals surface area (Å²) in [5, 5.41) is 3.27. The number of halogens is 1. The highest BCUT2D eigenvalue weighted by Crippen LogP contribution is 2.26. The Labute approximate surface area is 115 Å². The highest BCUT2D eigenvalue weighted by Gasteiger charge is 2.05. The minimum Gasteiger partial charge on any atom is -0.384 e. The van der Waals surface area contributed by atoms with Crippen molar-refractivity contribution in [1.82, 2.24) is 9.97 Å². The summed E-state index contributed by atoms with van der Waals surface area (Å²) in [6, 6.07) is 7.72. The van der Waals surface area contributed by atoms with E-state index in [1.165, 1.54) is 0 Å². The Morgan fingerprint density at radius 1 is 1.33 bits per heavy atom. The summed E-state index contributed by atoms with van der Waals surface area (Å²) in [5.41, 5.74) is 7.89. The molecule has 0 spiro atoms. The van der Waals surface area contributed by atoms with Gasteiger partial charge < -0.3 is 11.1 Å². The lowest BCUT2D eigenvalue weighted by atomic mass is 10.2. The standard InChI is InChI=1S/C13H15BrN4/c1-3-12-17-11(15)7-13(18-12)16-10-6-4-5-9(14)8(10)2/h4-7H,3H2,1-2H3,(H3,15,16,17,18). The Bertz CT molecular complexity index is 569. The van der Waals surface area contributed by atoms with E-state index < -0.39 is 0 Å². The lowest BCUT2D eigenvalue weighted by Crippen LogP contribution is -2.03. The molecule has 4 nitrogen and oxygen atoms in total. The van der Waals surface area contributed by atoms with Gasteiger partial charge in [0.1, 0.15) is 17.5 Å². The van der Waals surface area contributed by atoms with Gasteiger partial charge in [-0.3, -0.25) is 0 Å². The van der Waals surface area contributed by atoms with Gasteiger partial charge in [0, 0.05) is 22.6 Å². The van der Waals surface area contributed by atoms with E-state index in [4.69, 9.17) is 5.73 Å². The quantitative estimate of drug-likeness (QED) is 0.912. The summed E-state index contributed by atoms with van der Waals surface area (Å²) in [6.07, 6.45) is 0.761. The highest BCUT2D eigenvalue weighted by atomic mass is 79.9. The summed E-state index contributed by atoms with van der Waals surface area (Å²) in [6.45, 7) is 4.04. The van der Waals surface area contributed by atoms with Gasteiger partial charge in [-0.05, 0) is 24.6 Å². The fourth-order valence-corrected chi connectivity index (χ4v) is 1.99. The fraction of sp³-hybridized carbons (Fsp3) is 0.231. The molecule has 2 aromatic rings. The van der Waals surface area contributed by atoms with Gasteiger partial charge in [-0.1, -0.05) is 28.9 Å². The number of nitrogens with zero attached hydrogens (tertiary/aromatic N) is 2. The minimum atomic E-state index is 0.483. The number of rotatable bonds is 3. The molecule has 1 heterocycles. The van der Waals surface area contributed by atoms with Crippen LogP contribution < -0.4 is 11.1 Å². The Balaban J connectivity index is 2.34. The van der Waals surface area contributed by atoms with Crippen molar-refractivity contribution in [1.29, 1.82) is 0 Å². The van der Waals surface area contributed by atoms with Crippen LogP contribution in [0.1, 0.15) is 18.3 Å². The Hall–Kier alpha value is -1.62. The van der Waals surface area contributed by atoms with Gasteiger partial charge in [-0.25, -0.2) is 9.97 Å². The number of nitrogen functional groups attached to an aromatic ring is 1. The molecule has 0 aliphatic heterocycles. The van der Waals surface area contributed by atoms with Crippen molar-refractivity contribution >= 4 is 33.3 Å². The van der Waals surface area contributed by atoms with Crippen molar-refractivity contribution in [2.45, 2.75) is 20.3 Å². The molecule has 2 rings (SSSR count). The normalized spacial score (nSPS) is 10.4. The Morgan fingerprint density at radius 2 is 2.11 bits per heavy atom. The first-order chi connectivity index (χ1) is 8.60. The van der Waals surface area contributed by atoms with Crippen LogP contribution in [0.25, 0.3) is 0 Å². The molecule has 0 aliphatic rings. The maximum atomic E-state index is 5.76. The topological polar surface area (TPSA) is 63.8 Å². The lowest BCUT2D eigenvalue weighted by Gasteiger charge is -2.11. The van der Waals surface area contributed by atoms with Crippen molar-refractivity contribution in [2.24, 2.45) is 0 Å².